The molecule has 1 aliphatic heterocycles. The Morgan fingerprint density at radius 1 is 1.22 bits per heavy atom. The lowest BCUT2D eigenvalue weighted by Crippen LogP contribution is -2.32. The van der Waals surface area contributed by atoms with Gasteiger partial charge >= 0.3 is 0 Å². The van der Waals surface area contributed by atoms with Gasteiger partial charge in [-0.05, 0) is 25.8 Å². The van der Waals surface area contributed by atoms with Crippen LogP contribution in [-0.4, -0.2) is 47.5 Å². The molecule has 1 aromatic heterocycles. The number of benzene rings is 1. The molecule has 3 fully saturated rings. The monoisotopic (exact) mass is 524 g/mol. The van der Waals surface area contributed by atoms with Gasteiger partial charge in [-0.15, -0.1) is 0 Å². The van der Waals surface area contributed by atoms with E-state index in [4.69, 9.17) is 0 Å². The SMILES string of the molecule is C[C@@H]1[C@@H](n2cc(C(=O)N[C@H](C)c3cccc(C(C)(F)F)c3F)c(NC3[C@H]4CN(C)C[C@@H]34)cc2=O)C1(F)F. The third kappa shape index (κ3) is 4.41. The van der Waals surface area contributed by atoms with Crippen molar-refractivity contribution in [1.82, 2.24) is 14.8 Å². The molecule has 11 heteroatoms. The molecule has 2 aromatic rings. The van der Waals surface area contributed by atoms with E-state index in [0.29, 0.717) is 18.8 Å². The molecule has 5 rings (SSSR count). The molecule has 3 aliphatic rings. The van der Waals surface area contributed by atoms with Crippen molar-refractivity contribution in [1.29, 1.82) is 0 Å². The molecular formula is C26H29F5N4O2. The number of pyridine rings is 1. The number of rotatable bonds is 7. The molecule has 0 radical (unpaired) electrons. The summed E-state index contributed by atoms with van der Waals surface area (Å²) in [5, 5.41) is 5.83. The number of fused-ring (bicyclic) bond motifs is 1. The number of nitrogens with zero attached hydrogens (tertiary/aromatic N) is 2. The molecule has 200 valence electrons. The van der Waals surface area contributed by atoms with E-state index in [0.717, 1.165) is 36.0 Å². The summed E-state index contributed by atoms with van der Waals surface area (Å²) in [7, 11) is 2.00. The number of amides is 1. The van der Waals surface area contributed by atoms with Gasteiger partial charge in [0.2, 0.25) is 0 Å². The minimum absolute atomic E-state index is 0.0395. The van der Waals surface area contributed by atoms with Gasteiger partial charge in [0.1, 0.15) is 11.9 Å². The van der Waals surface area contributed by atoms with Crippen LogP contribution >= 0.6 is 0 Å². The number of hydrogen-bond donors (Lipinski definition) is 2. The van der Waals surface area contributed by atoms with E-state index in [2.05, 4.69) is 15.5 Å². The third-order valence-corrected chi connectivity index (χ3v) is 8.01. The summed E-state index contributed by atoms with van der Waals surface area (Å²) in [5.74, 6) is -8.73. The summed E-state index contributed by atoms with van der Waals surface area (Å²) in [6.45, 7) is 5.07. The minimum Gasteiger partial charge on any atom is -0.381 e. The number of nitrogens with one attached hydrogen (secondary N) is 2. The van der Waals surface area contributed by atoms with Gasteiger partial charge < -0.3 is 20.1 Å². The van der Waals surface area contributed by atoms with Gasteiger partial charge in [0, 0.05) is 49.8 Å². The Hall–Kier alpha value is -2.95. The highest BCUT2D eigenvalue weighted by molar-refractivity contribution is 5.99. The quantitative estimate of drug-likeness (QED) is 0.528. The summed E-state index contributed by atoms with van der Waals surface area (Å²) in [5.41, 5.74) is -1.43. The largest absolute Gasteiger partial charge is 0.381 e. The predicted molar refractivity (Wildman–Crippen MR) is 128 cm³/mol. The number of halogens is 5. The normalized spacial score (nSPS) is 28.9. The second-order valence-electron chi connectivity index (χ2n) is 10.8. The minimum atomic E-state index is -3.42. The first-order valence-electron chi connectivity index (χ1n) is 12.3. The molecule has 0 bridgehead atoms. The van der Waals surface area contributed by atoms with Crippen LogP contribution in [0.15, 0.2) is 35.3 Å². The van der Waals surface area contributed by atoms with E-state index in [1.165, 1.54) is 26.0 Å². The van der Waals surface area contributed by atoms with E-state index in [-0.39, 0.29) is 22.9 Å². The van der Waals surface area contributed by atoms with Crippen LogP contribution in [0.1, 0.15) is 54.3 Å². The van der Waals surface area contributed by atoms with Crippen LogP contribution < -0.4 is 16.2 Å². The van der Waals surface area contributed by atoms with E-state index >= 15 is 0 Å². The molecule has 2 N–H and O–H groups in total. The maximum Gasteiger partial charge on any atom is 0.273 e. The number of aromatic nitrogens is 1. The van der Waals surface area contributed by atoms with Crippen molar-refractivity contribution in [3.8, 4) is 0 Å². The smallest absolute Gasteiger partial charge is 0.273 e. The molecular weight excluding hydrogens is 495 g/mol. The lowest BCUT2D eigenvalue weighted by atomic mass is 10.0. The van der Waals surface area contributed by atoms with Gasteiger partial charge in [0.25, 0.3) is 23.3 Å². The van der Waals surface area contributed by atoms with Crippen LogP contribution in [0.5, 0.6) is 0 Å². The Morgan fingerprint density at radius 2 is 1.84 bits per heavy atom. The molecule has 1 aromatic carbocycles. The van der Waals surface area contributed by atoms with Crippen molar-refractivity contribution >= 4 is 11.6 Å². The summed E-state index contributed by atoms with van der Waals surface area (Å²) >= 11 is 0. The van der Waals surface area contributed by atoms with E-state index in [1.54, 1.807) is 0 Å². The number of alkyl halides is 4. The summed E-state index contributed by atoms with van der Waals surface area (Å²) in [6, 6.07) is 2.36. The Labute approximate surface area is 210 Å². The third-order valence-electron chi connectivity index (χ3n) is 8.01. The lowest BCUT2D eigenvalue weighted by molar-refractivity contribution is 0.0135. The van der Waals surface area contributed by atoms with Crippen molar-refractivity contribution in [2.24, 2.45) is 17.8 Å². The molecule has 1 saturated heterocycles. The highest BCUT2D eigenvalue weighted by Crippen LogP contribution is 2.58. The van der Waals surface area contributed by atoms with E-state index in [9.17, 15) is 31.5 Å². The maximum absolute atomic E-state index is 14.9. The molecule has 6 atom stereocenters. The number of anilines is 1. The maximum atomic E-state index is 14.9. The Bertz CT molecular complexity index is 1290. The van der Waals surface area contributed by atoms with Gasteiger partial charge in [0.05, 0.1) is 22.9 Å². The summed E-state index contributed by atoms with van der Waals surface area (Å²) in [4.78, 5) is 28.3. The fraction of sp³-hybridized carbons (Fsp3) is 0.538. The van der Waals surface area contributed by atoms with Gasteiger partial charge in [-0.25, -0.2) is 22.0 Å². The fourth-order valence-electron chi connectivity index (χ4n) is 5.66. The van der Waals surface area contributed by atoms with Gasteiger partial charge in [-0.3, -0.25) is 9.59 Å². The highest BCUT2D eigenvalue weighted by Gasteiger charge is 2.67. The molecule has 1 unspecified atom stereocenters. The van der Waals surface area contributed by atoms with Crippen LogP contribution in [-0.2, 0) is 5.92 Å². The molecule has 2 saturated carbocycles. The summed E-state index contributed by atoms with van der Waals surface area (Å²) < 4.78 is 71.6. The number of carbonyl (C=O) groups is 1. The van der Waals surface area contributed by atoms with Gasteiger partial charge in [-0.2, -0.15) is 0 Å². The zero-order valence-corrected chi connectivity index (χ0v) is 20.9. The van der Waals surface area contributed by atoms with Crippen molar-refractivity contribution in [3.05, 3.63) is 63.3 Å². The van der Waals surface area contributed by atoms with Crippen LogP contribution in [0, 0.1) is 23.6 Å². The van der Waals surface area contributed by atoms with Crippen LogP contribution in [0.2, 0.25) is 0 Å². The van der Waals surface area contributed by atoms with Crippen LogP contribution in [0.4, 0.5) is 27.6 Å². The molecule has 0 spiro atoms. The predicted octanol–water partition coefficient (Wildman–Crippen LogP) is 4.39. The Morgan fingerprint density at radius 3 is 2.41 bits per heavy atom. The summed E-state index contributed by atoms with van der Waals surface area (Å²) in [6.07, 6.45) is 1.12. The molecule has 2 heterocycles. The standard InChI is InChI=1S/C26H29F5N4O2/c1-12-23(26(12,30)31)35-11-17(19(8-20(35)36)33-22-15-9-34(4)10-16(15)22)24(37)32-13(2)14-6-5-7-18(21(14)27)25(3,28)29/h5-8,11-13,15-16,22-23,33H,9-10H2,1-4H3,(H,32,37)/t12-,13-,15-,16+,22?,23-/m1/s1. The van der Waals surface area contributed by atoms with Crippen molar-refractivity contribution in [2.75, 3.05) is 25.5 Å². The average Bonchev–Trinajstić information content (AvgIpc) is 3.47. The second kappa shape index (κ2) is 8.54. The lowest BCUT2D eigenvalue weighted by Gasteiger charge is -2.21. The van der Waals surface area contributed by atoms with Crippen molar-refractivity contribution < 1.29 is 26.7 Å². The highest BCUT2D eigenvalue weighted by atomic mass is 19.3. The average molecular weight is 525 g/mol. The first-order chi connectivity index (χ1) is 17.2. The van der Waals surface area contributed by atoms with Gasteiger partial charge in [-0.1, -0.05) is 25.1 Å². The number of hydrogen-bond acceptors (Lipinski definition) is 4. The van der Waals surface area contributed by atoms with Crippen LogP contribution in [0.3, 0.4) is 0 Å². The Kier molecular flexibility index (Phi) is 5.93. The molecule has 37 heavy (non-hydrogen) atoms. The topological polar surface area (TPSA) is 66.4 Å². The van der Waals surface area contributed by atoms with Crippen molar-refractivity contribution in [2.45, 2.75) is 50.7 Å². The molecule has 6 nitrogen and oxygen atoms in total. The second-order valence-corrected chi connectivity index (χ2v) is 10.8. The number of piperidine rings is 1. The number of likely N-dealkylation sites (tertiary alicyclic amines) is 1. The first kappa shape index (κ1) is 25.7. The number of carbonyl (C=O) groups excluding carboxylic acids is 1. The van der Waals surface area contributed by atoms with Crippen molar-refractivity contribution in [3.63, 3.8) is 0 Å². The zero-order valence-electron chi connectivity index (χ0n) is 20.9. The van der Waals surface area contributed by atoms with Crippen LogP contribution in [0.25, 0.3) is 0 Å². The fourth-order valence-corrected chi connectivity index (χ4v) is 5.66. The van der Waals surface area contributed by atoms with E-state index < -0.39 is 52.7 Å². The molecule has 1 amide bonds. The first-order valence-corrected chi connectivity index (χ1v) is 12.3. The van der Waals surface area contributed by atoms with E-state index in [1.807, 2.05) is 7.05 Å². The van der Waals surface area contributed by atoms with Gasteiger partial charge in [0.15, 0.2) is 0 Å². The Balaban J connectivity index is 1.45. The zero-order chi connectivity index (χ0) is 27.0. The molecule has 2 aliphatic carbocycles.